The summed E-state index contributed by atoms with van der Waals surface area (Å²) in [5.74, 6) is -2.69. The molecule has 2 unspecified atom stereocenters. The Hall–Kier alpha value is -2.85. The number of aliphatic hydroxyl groups is 1. The van der Waals surface area contributed by atoms with Crippen molar-refractivity contribution in [3.63, 3.8) is 0 Å². The summed E-state index contributed by atoms with van der Waals surface area (Å²) in [5.41, 5.74) is -3.37. The topological polar surface area (TPSA) is 67.6 Å². The molecule has 1 aromatic heterocycles. The molecule has 2 atom stereocenters. The third kappa shape index (κ3) is 5.06. The van der Waals surface area contributed by atoms with Gasteiger partial charge in [-0.2, -0.15) is 13.2 Å². The molecule has 1 N–H and O–H groups in total. The third-order valence-electron chi connectivity index (χ3n) is 5.10. The first-order chi connectivity index (χ1) is 15.4. The number of nitrogens with zero attached hydrogens (tertiary/aromatic N) is 3. The Morgan fingerprint density at radius 2 is 1.94 bits per heavy atom. The standard InChI is InChI=1S/C22H19ClF5N3O2/c1-11(14-4-5-16(23)19(25)20(14)33-3)8-21(32,22(26,27)28)10-30-17-6-13(24)7-18-15(17)9-29-12(2)31-18/h4-7,9-11,32H,8H2,1-3H3. The van der Waals surface area contributed by atoms with Gasteiger partial charge in [0.15, 0.2) is 17.2 Å². The molecule has 33 heavy (non-hydrogen) atoms. The Kier molecular flexibility index (Phi) is 6.90. The molecule has 3 aromatic rings. The predicted octanol–water partition coefficient (Wildman–Crippen LogP) is 6.07. The summed E-state index contributed by atoms with van der Waals surface area (Å²) in [6.45, 7) is 2.94. The van der Waals surface area contributed by atoms with Crippen LogP contribution < -0.4 is 4.74 Å². The summed E-state index contributed by atoms with van der Waals surface area (Å²) in [7, 11) is 1.15. The number of hydrogen-bond donors (Lipinski definition) is 1. The molecule has 0 saturated carbocycles. The van der Waals surface area contributed by atoms with Gasteiger partial charge in [-0.1, -0.05) is 24.6 Å². The van der Waals surface area contributed by atoms with Crippen LogP contribution in [0.15, 0.2) is 35.5 Å². The Bertz CT molecular complexity index is 1210. The lowest BCUT2D eigenvalue weighted by Crippen LogP contribution is -2.47. The van der Waals surface area contributed by atoms with E-state index in [0.29, 0.717) is 12.0 Å². The van der Waals surface area contributed by atoms with E-state index >= 15 is 0 Å². The normalized spacial score (nSPS) is 15.1. The number of fused-ring (bicyclic) bond motifs is 1. The van der Waals surface area contributed by atoms with Gasteiger partial charge in [0, 0.05) is 35.5 Å². The SMILES string of the molecule is COc1c(C(C)CC(O)(C=Nc2cc(F)cc3nc(C)ncc23)C(F)(F)F)ccc(Cl)c1F. The number of halogens is 6. The van der Waals surface area contributed by atoms with Gasteiger partial charge in [0.1, 0.15) is 11.6 Å². The Balaban J connectivity index is 2.02. The lowest BCUT2D eigenvalue weighted by molar-refractivity contribution is -0.231. The summed E-state index contributed by atoms with van der Waals surface area (Å²) < 4.78 is 74.9. The lowest BCUT2D eigenvalue weighted by atomic mass is 9.86. The number of aromatic nitrogens is 2. The van der Waals surface area contributed by atoms with Gasteiger partial charge in [0.25, 0.3) is 0 Å². The maximum Gasteiger partial charge on any atom is 0.422 e. The van der Waals surface area contributed by atoms with Crippen LogP contribution in [0.2, 0.25) is 5.02 Å². The van der Waals surface area contributed by atoms with Crippen LogP contribution in [0.4, 0.5) is 27.6 Å². The minimum absolute atomic E-state index is 0.0792. The molecule has 3 rings (SSSR count). The highest BCUT2D eigenvalue weighted by atomic mass is 35.5. The summed E-state index contributed by atoms with van der Waals surface area (Å²) in [4.78, 5) is 11.7. The molecule has 0 radical (unpaired) electrons. The largest absolute Gasteiger partial charge is 0.493 e. The molecule has 11 heteroatoms. The molecule has 0 fully saturated rings. The summed E-state index contributed by atoms with van der Waals surface area (Å²) in [5, 5.41) is 10.5. The zero-order valence-electron chi connectivity index (χ0n) is 17.7. The van der Waals surface area contributed by atoms with Gasteiger partial charge in [-0.25, -0.2) is 18.7 Å². The van der Waals surface area contributed by atoms with Crippen LogP contribution in [0.5, 0.6) is 5.75 Å². The summed E-state index contributed by atoms with van der Waals surface area (Å²) >= 11 is 5.72. The van der Waals surface area contributed by atoms with Gasteiger partial charge >= 0.3 is 6.18 Å². The van der Waals surface area contributed by atoms with Crippen LogP contribution in [0, 0.1) is 18.6 Å². The minimum atomic E-state index is -5.14. The maximum absolute atomic E-state index is 14.3. The van der Waals surface area contributed by atoms with E-state index in [4.69, 9.17) is 16.3 Å². The average Bonchev–Trinajstić information content (AvgIpc) is 2.72. The number of aryl methyl sites for hydroxylation is 1. The first-order valence-corrected chi connectivity index (χ1v) is 10.0. The van der Waals surface area contributed by atoms with Crippen molar-refractivity contribution in [1.82, 2.24) is 9.97 Å². The Morgan fingerprint density at radius 1 is 1.24 bits per heavy atom. The molecule has 0 bridgehead atoms. The number of ether oxygens (including phenoxy) is 1. The smallest absolute Gasteiger partial charge is 0.422 e. The quantitative estimate of drug-likeness (QED) is 0.338. The van der Waals surface area contributed by atoms with E-state index in [1.165, 1.54) is 25.3 Å². The van der Waals surface area contributed by atoms with Crippen LogP contribution in [-0.4, -0.2) is 40.2 Å². The van der Waals surface area contributed by atoms with Crippen molar-refractivity contribution in [2.24, 2.45) is 4.99 Å². The number of hydrogen-bond acceptors (Lipinski definition) is 5. The first-order valence-electron chi connectivity index (χ1n) is 9.65. The second kappa shape index (κ2) is 9.18. The Morgan fingerprint density at radius 3 is 2.58 bits per heavy atom. The second-order valence-corrected chi connectivity index (χ2v) is 7.95. The van der Waals surface area contributed by atoms with Crippen LogP contribution in [-0.2, 0) is 0 Å². The predicted molar refractivity (Wildman–Crippen MR) is 114 cm³/mol. The monoisotopic (exact) mass is 487 g/mol. The van der Waals surface area contributed by atoms with Crippen molar-refractivity contribution in [2.45, 2.75) is 38.0 Å². The van der Waals surface area contributed by atoms with E-state index in [-0.39, 0.29) is 32.9 Å². The van der Waals surface area contributed by atoms with Gasteiger partial charge in [-0.05, 0) is 25.3 Å². The van der Waals surface area contributed by atoms with Gasteiger partial charge in [-0.15, -0.1) is 0 Å². The molecule has 0 saturated heterocycles. The van der Waals surface area contributed by atoms with E-state index in [9.17, 15) is 27.1 Å². The molecule has 0 aliphatic rings. The van der Waals surface area contributed by atoms with Gasteiger partial charge in [-0.3, -0.25) is 4.99 Å². The van der Waals surface area contributed by atoms with E-state index in [1.54, 1.807) is 6.92 Å². The molecule has 2 aromatic carbocycles. The van der Waals surface area contributed by atoms with Crippen LogP contribution in [0.3, 0.4) is 0 Å². The van der Waals surface area contributed by atoms with E-state index < -0.39 is 35.8 Å². The number of rotatable bonds is 6. The van der Waals surface area contributed by atoms with Gasteiger partial charge in [0.2, 0.25) is 0 Å². The zero-order valence-corrected chi connectivity index (χ0v) is 18.5. The number of benzene rings is 2. The second-order valence-electron chi connectivity index (χ2n) is 7.54. The average molecular weight is 488 g/mol. The third-order valence-corrected chi connectivity index (χ3v) is 5.40. The van der Waals surface area contributed by atoms with Crippen molar-refractivity contribution in [3.8, 4) is 5.75 Å². The molecule has 0 aliphatic heterocycles. The summed E-state index contributed by atoms with van der Waals surface area (Å²) in [6, 6.07) is 4.52. The molecule has 0 amide bonds. The van der Waals surface area contributed by atoms with Crippen molar-refractivity contribution < 1.29 is 31.8 Å². The highest BCUT2D eigenvalue weighted by Crippen LogP contribution is 2.41. The van der Waals surface area contributed by atoms with Crippen molar-refractivity contribution >= 4 is 34.4 Å². The van der Waals surface area contributed by atoms with E-state index in [0.717, 1.165) is 19.2 Å². The van der Waals surface area contributed by atoms with E-state index in [2.05, 4.69) is 15.0 Å². The van der Waals surface area contributed by atoms with Gasteiger partial charge in [0.05, 0.1) is 23.3 Å². The fourth-order valence-electron chi connectivity index (χ4n) is 3.42. The molecular formula is C22H19ClF5N3O2. The molecular weight excluding hydrogens is 469 g/mol. The van der Waals surface area contributed by atoms with Crippen LogP contribution in [0.25, 0.3) is 10.9 Å². The zero-order chi connectivity index (χ0) is 24.6. The molecule has 1 heterocycles. The number of aliphatic imine (C=N–C) groups is 1. The molecule has 0 aliphatic carbocycles. The number of methoxy groups -OCH3 is 1. The van der Waals surface area contributed by atoms with Crippen molar-refractivity contribution in [2.75, 3.05) is 7.11 Å². The van der Waals surface area contributed by atoms with Crippen LogP contribution in [0.1, 0.15) is 30.7 Å². The van der Waals surface area contributed by atoms with Crippen molar-refractivity contribution in [3.05, 3.63) is 58.5 Å². The summed E-state index contributed by atoms with van der Waals surface area (Å²) in [6.07, 6.45) is -4.45. The fraction of sp³-hybridized carbons (Fsp3) is 0.318. The van der Waals surface area contributed by atoms with Crippen LogP contribution >= 0.6 is 11.6 Å². The highest BCUT2D eigenvalue weighted by molar-refractivity contribution is 6.30. The fourth-order valence-corrected chi connectivity index (χ4v) is 3.57. The first kappa shape index (κ1) is 24.8. The lowest BCUT2D eigenvalue weighted by Gasteiger charge is -2.30. The van der Waals surface area contributed by atoms with Gasteiger partial charge < -0.3 is 9.84 Å². The number of alkyl halides is 3. The van der Waals surface area contributed by atoms with Crippen molar-refractivity contribution in [1.29, 1.82) is 0 Å². The Labute approximate surface area is 190 Å². The molecule has 0 spiro atoms. The van der Waals surface area contributed by atoms with E-state index in [1.807, 2.05) is 0 Å². The highest BCUT2D eigenvalue weighted by Gasteiger charge is 2.53. The maximum atomic E-state index is 14.3. The molecule has 176 valence electrons. The minimum Gasteiger partial charge on any atom is -0.493 e. The molecule has 5 nitrogen and oxygen atoms in total.